The van der Waals surface area contributed by atoms with E-state index in [4.69, 9.17) is 5.73 Å². The molecule has 88 valence electrons. The Morgan fingerprint density at radius 2 is 2.24 bits per heavy atom. The van der Waals surface area contributed by atoms with Crippen LogP contribution in [0.5, 0.6) is 0 Å². The molecule has 1 heterocycles. The van der Waals surface area contributed by atoms with Crippen LogP contribution in [-0.4, -0.2) is 10.9 Å². The van der Waals surface area contributed by atoms with Crippen molar-refractivity contribution in [3.05, 3.63) is 41.2 Å². The number of nitrogens with zero attached hydrogens (tertiary/aromatic N) is 1. The molecule has 0 aliphatic carbocycles. The van der Waals surface area contributed by atoms with Crippen molar-refractivity contribution < 1.29 is 9.18 Å². The minimum absolute atomic E-state index is 0.142. The van der Waals surface area contributed by atoms with E-state index in [0.717, 1.165) is 4.88 Å². The van der Waals surface area contributed by atoms with Crippen LogP contribution in [0.2, 0.25) is 0 Å². The van der Waals surface area contributed by atoms with Gasteiger partial charge in [-0.2, -0.15) is 0 Å². The lowest BCUT2D eigenvalue weighted by atomic mass is 10.3. The molecule has 0 aliphatic rings. The van der Waals surface area contributed by atoms with Crippen molar-refractivity contribution in [3.63, 3.8) is 0 Å². The molecule has 0 bridgehead atoms. The standard InChI is InChI=1S/C11H10FN3OS/c12-8-3-1-2-4-9(8)15-10(16)5-7-6-14-11(13)17-7/h1-4,6H,5H2,(H2,13,14)(H,15,16). The second kappa shape index (κ2) is 4.92. The first-order chi connectivity index (χ1) is 8.15. The molecule has 1 aromatic heterocycles. The Morgan fingerprint density at radius 1 is 1.47 bits per heavy atom. The third kappa shape index (κ3) is 3.01. The van der Waals surface area contributed by atoms with Crippen LogP contribution in [0.15, 0.2) is 30.5 Å². The quantitative estimate of drug-likeness (QED) is 0.877. The topological polar surface area (TPSA) is 68.0 Å². The number of hydrogen-bond acceptors (Lipinski definition) is 4. The number of benzene rings is 1. The van der Waals surface area contributed by atoms with Gasteiger partial charge in [0.15, 0.2) is 5.13 Å². The van der Waals surface area contributed by atoms with E-state index in [9.17, 15) is 9.18 Å². The molecule has 0 saturated heterocycles. The molecule has 0 radical (unpaired) electrons. The van der Waals surface area contributed by atoms with Gasteiger partial charge in [0.05, 0.1) is 12.1 Å². The summed E-state index contributed by atoms with van der Waals surface area (Å²) < 4.78 is 13.2. The van der Waals surface area contributed by atoms with Crippen LogP contribution >= 0.6 is 11.3 Å². The lowest BCUT2D eigenvalue weighted by molar-refractivity contribution is -0.115. The van der Waals surface area contributed by atoms with Gasteiger partial charge in [0.1, 0.15) is 5.82 Å². The first kappa shape index (κ1) is 11.5. The number of nitrogens with two attached hydrogens (primary N) is 1. The summed E-state index contributed by atoms with van der Waals surface area (Å²) in [6.07, 6.45) is 1.68. The minimum Gasteiger partial charge on any atom is -0.375 e. The molecule has 1 amide bonds. The van der Waals surface area contributed by atoms with Gasteiger partial charge in [0, 0.05) is 11.1 Å². The van der Waals surface area contributed by atoms with Gasteiger partial charge in [0.2, 0.25) is 5.91 Å². The number of halogens is 1. The van der Waals surface area contributed by atoms with E-state index >= 15 is 0 Å². The van der Waals surface area contributed by atoms with Crippen molar-refractivity contribution in [2.24, 2.45) is 0 Å². The Morgan fingerprint density at radius 3 is 2.88 bits per heavy atom. The number of hydrogen-bond donors (Lipinski definition) is 2. The average Bonchev–Trinajstić information content (AvgIpc) is 2.67. The monoisotopic (exact) mass is 251 g/mol. The van der Waals surface area contributed by atoms with E-state index in [1.54, 1.807) is 18.3 Å². The van der Waals surface area contributed by atoms with Crippen molar-refractivity contribution in [1.82, 2.24) is 4.98 Å². The highest BCUT2D eigenvalue weighted by molar-refractivity contribution is 7.15. The van der Waals surface area contributed by atoms with E-state index in [0.29, 0.717) is 5.13 Å². The second-order valence-electron chi connectivity index (χ2n) is 3.37. The molecule has 0 saturated carbocycles. The Bertz CT molecular complexity index is 541. The van der Waals surface area contributed by atoms with Gasteiger partial charge in [0.25, 0.3) is 0 Å². The third-order valence-corrected chi connectivity index (χ3v) is 2.88. The molecule has 2 rings (SSSR count). The van der Waals surface area contributed by atoms with Gasteiger partial charge < -0.3 is 11.1 Å². The average molecular weight is 251 g/mol. The van der Waals surface area contributed by atoms with Gasteiger partial charge in [-0.25, -0.2) is 9.37 Å². The molecule has 3 N–H and O–H groups in total. The van der Waals surface area contributed by atoms with Crippen LogP contribution in [0.4, 0.5) is 15.2 Å². The predicted octanol–water partition coefficient (Wildman–Crippen LogP) is 2.05. The van der Waals surface area contributed by atoms with Crippen molar-refractivity contribution in [3.8, 4) is 0 Å². The highest BCUT2D eigenvalue weighted by atomic mass is 32.1. The lowest BCUT2D eigenvalue weighted by Crippen LogP contribution is -2.14. The number of aromatic nitrogens is 1. The van der Waals surface area contributed by atoms with Crippen LogP contribution in [-0.2, 0) is 11.2 Å². The number of nitrogens with one attached hydrogen (secondary N) is 1. The highest BCUT2D eigenvalue weighted by Crippen LogP contribution is 2.17. The minimum atomic E-state index is -0.454. The largest absolute Gasteiger partial charge is 0.375 e. The molecular formula is C11H10FN3OS. The van der Waals surface area contributed by atoms with E-state index in [-0.39, 0.29) is 18.0 Å². The lowest BCUT2D eigenvalue weighted by Gasteiger charge is -2.04. The summed E-state index contributed by atoms with van der Waals surface area (Å²) in [4.78, 5) is 16.2. The number of carbonyl (C=O) groups is 1. The molecular weight excluding hydrogens is 241 g/mol. The fourth-order valence-electron chi connectivity index (χ4n) is 1.32. The summed E-state index contributed by atoms with van der Waals surface area (Å²) >= 11 is 1.24. The Kier molecular flexibility index (Phi) is 3.34. The van der Waals surface area contributed by atoms with Crippen molar-refractivity contribution in [2.45, 2.75) is 6.42 Å². The summed E-state index contributed by atoms with van der Waals surface area (Å²) in [6, 6.07) is 6.02. The molecule has 6 heteroatoms. The first-order valence-electron chi connectivity index (χ1n) is 4.89. The van der Waals surface area contributed by atoms with Crippen LogP contribution < -0.4 is 11.1 Å². The molecule has 1 aromatic carbocycles. The van der Waals surface area contributed by atoms with Gasteiger partial charge in [-0.3, -0.25) is 4.79 Å². The molecule has 0 spiro atoms. The van der Waals surface area contributed by atoms with Gasteiger partial charge in [-0.15, -0.1) is 11.3 Å². The maximum atomic E-state index is 13.2. The number of anilines is 2. The fourth-order valence-corrected chi connectivity index (χ4v) is 2.00. The van der Waals surface area contributed by atoms with Gasteiger partial charge in [-0.05, 0) is 12.1 Å². The van der Waals surface area contributed by atoms with E-state index in [1.165, 1.54) is 23.5 Å². The number of carbonyl (C=O) groups excluding carboxylic acids is 1. The zero-order valence-corrected chi connectivity index (χ0v) is 9.63. The maximum Gasteiger partial charge on any atom is 0.229 e. The predicted molar refractivity (Wildman–Crippen MR) is 65.3 cm³/mol. The van der Waals surface area contributed by atoms with E-state index in [1.807, 2.05) is 0 Å². The van der Waals surface area contributed by atoms with Crippen LogP contribution in [0.1, 0.15) is 4.88 Å². The summed E-state index contributed by atoms with van der Waals surface area (Å²) in [5.74, 6) is -0.747. The number of rotatable bonds is 3. The van der Waals surface area contributed by atoms with Crippen molar-refractivity contribution in [2.75, 3.05) is 11.1 Å². The molecule has 2 aromatic rings. The third-order valence-electron chi connectivity index (χ3n) is 2.05. The molecule has 0 unspecified atom stereocenters. The molecule has 17 heavy (non-hydrogen) atoms. The molecule has 0 atom stereocenters. The number of nitrogen functional groups attached to an aromatic ring is 1. The van der Waals surface area contributed by atoms with Crippen LogP contribution in [0, 0.1) is 5.82 Å². The van der Waals surface area contributed by atoms with E-state index < -0.39 is 5.82 Å². The summed E-state index contributed by atoms with van der Waals surface area (Å²) in [5.41, 5.74) is 5.62. The molecule has 0 fully saturated rings. The fraction of sp³-hybridized carbons (Fsp3) is 0.0909. The van der Waals surface area contributed by atoms with Gasteiger partial charge >= 0.3 is 0 Å². The van der Waals surface area contributed by atoms with Crippen LogP contribution in [0.3, 0.4) is 0 Å². The summed E-state index contributed by atoms with van der Waals surface area (Å²) in [7, 11) is 0. The SMILES string of the molecule is Nc1ncc(CC(=O)Nc2ccccc2F)s1. The summed E-state index contributed by atoms with van der Waals surface area (Å²) in [5, 5.41) is 2.91. The smallest absolute Gasteiger partial charge is 0.229 e. The second-order valence-corrected chi connectivity index (χ2v) is 4.52. The number of para-hydroxylation sites is 1. The molecule has 0 aliphatic heterocycles. The van der Waals surface area contributed by atoms with Crippen molar-refractivity contribution >= 4 is 28.1 Å². The normalized spacial score (nSPS) is 10.2. The highest BCUT2D eigenvalue weighted by Gasteiger charge is 2.08. The Labute approximate surface area is 101 Å². The molecule has 4 nitrogen and oxygen atoms in total. The zero-order valence-electron chi connectivity index (χ0n) is 8.81. The van der Waals surface area contributed by atoms with E-state index in [2.05, 4.69) is 10.3 Å². The Balaban J connectivity index is 2.01. The first-order valence-corrected chi connectivity index (χ1v) is 5.71. The maximum absolute atomic E-state index is 13.2. The number of thiazole rings is 1. The van der Waals surface area contributed by atoms with Gasteiger partial charge in [-0.1, -0.05) is 12.1 Å². The number of amides is 1. The van der Waals surface area contributed by atoms with Crippen LogP contribution in [0.25, 0.3) is 0 Å². The Hall–Kier alpha value is -1.95. The summed E-state index contributed by atoms with van der Waals surface area (Å²) in [6.45, 7) is 0. The zero-order chi connectivity index (χ0) is 12.3. The van der Waals surface area contributed by atoms with Crippen molar-refractivity contribution in [1.29, 1.82) is 0 Å².